The molecule has 1 atom stereocenters. The van der Waals surface area contributed by atoms with Crippen molar-refractivity contribution in [2.24, 2.45) is 0 Å². The number of benzene rings is 1. The number of ether oxygens (including phenoxy) is 1. The van der Waals surface area contributed by atoms with E-state index < -0.39 is 23.8 Å². The molecule has 0 saturated carbocycles. The zero-order valence-corrected chi connectivity index (χ0v) is 14.6. The maximum Gasteiger partial charge on any atom is 0.418 e. The fourth-order valence-electron chi connectivity index (χ4n) is 2.69. The van der Waals surface area contributed by atoms with Crippen LogP contribution in [0.4, 0.5) is 24.5 Å². The largest absolute Gasteiger partial charge is 0.418 e. The highest BCUT2D eigenvalue weighted by Gasteiger charge is 2.34. The highest BCUT2D eigenvalue weighted by molar-refractivity contribution is 5.94. The number of halogens is 3. The molecule has 1 unspecified atom stereocenters. The van der Waals surface area contributed by atoms with Gasteiger partial charge in [0.25, 0.3) is 5.91 Å². The van der Waals surface area contributed by atoms with Gasteiger partial charge in [0.2, 0.25) is 5.89 Å². The third-order valence-corrected chi connectivity index (χ3v) is 4.07. The van der Waals surface area contributed by atoms with Gasteiger partial charge in [-0.3, -0.25) is 4.79 Å². The highest BCUT2D eigenvalue weighted by Crippen LogP contribution is 2.37. The normalized spacial score (nSPS) is 17.1. The second-order valence-electron chi connectivity index (χ2n) is 6.06. The number of nitrogens with one attached hydrogen (secondary N) is 2. The second-order valence-corrected chi connectivity index (χ2v) is 6.06. The van der Waals surface area contributed by atoms with E-state index in [1.165, 1.54) is 12.1 Å². The van der Waals surface area contributed by atoms with Crippen molar-refractivity contribution in [3.63, 3.8) is 0 Å². The fraction of sp³-hybridized carbons (Fsp3) is 0.471. The van der Waals surface area contributed by atoms with E-state index in [2.05, 4.69) is 20.8 Å². The van der Waals surface area contributed by atoms with E-state index in [0.717, 1.165) is 12.5 Å². The first-order valence-corrected chi connectivity index (χ1v) is 8.56. The summed E-state index contributed by atoms with van der Waals surface area (Å²) in [6.45, 7) is 2.27. The van der Waals surface area contributed by atoms with Gasteiger partial charge in [-0.2, -0.15) is 18.2 Å². The lowest BCUT2D eigenvalue weighted by molar-refractivity contribution is -0.137. The van der Waals surface area contributed by atoms with E-state index in [-0.39, 0.29) is 23.8 Å². The Labute approximate surface area is 153 Å². The third kappa shape index (κ3) is 4.76. The minimum atomic E-state index is -4.60. The van der Waals surface area contributed by atoms with Gasteiger partial charge >= 0.3 is 6.18 Å². The molecule has 3 rings (SSSR count). The molecule has 10 heteroatoms. The van der Waals surface area contributed by atoms with Crippen molar-refractivity contribution in [3.05, 3.63) is 35.5 Å². The van der Waals surface area contributed by atoms with Crippen LogP contribution in [0, 0.1) is 0 Å². The summed E-state index contributed by atoms with van der Waals surface area (Å²) < 4.78 is 50.5. The molecule has 146 valence electrons. The van der Waals surface area contributed by atoms with Crippen molar-refractivity contribution in [2.75, 3.05) is 17.2 Å². The number of carbonyl (C=O) groups excluding carboxylic acids is 1. The molecule has 0 aliphatic carbocycles. The molecule has 7 nitrogen and oxygen atoms in total. The maximum atomic E-state index is 13.4. The van der Waals surface area contributed by atoms with Crippen LogP contribution < -0.4 is 10.6 Å². The summed E-state index contributed by atoms with van der Waals surface area (Å²) in [5.41, 5.74) is -0.990. The van der Waals surface area contributed by atoms with Gasteiger partial charge in [0.1, 0.15) is 6.10 Å². The number of alkyl halides is 3. The first-order valence-electron chi connectivity index (χ1n) is 8.56. The maximum absolute atomic E-state index is 13.4. The number of nitrogens with zero attached hydrogens (tertiary/aromatic N) is 2. The zero-order valence-electron chi connectivity index (χ0n) is 14.6. The molecule has 0 bridgehead atoms. The second kappa shape index (κ2) is 7.95. The van der Waals surface area contributed by atoms with E-state index in [0.29, 0.717) is 25.3 Å². The van der Waals surface area contributed by atoms with Crippen molar-refractivity contribution in [1.82, 2.24) is 10.1 Å². The molecule has 27 heavy (non-hydrogen) atoms. The van der Waals surface area contributed by atoms with Crippen LogP contribution in [0.15, 0.2) is 22.7 Å². The summed E-state index contributed by atoms with van der Waals surface area (Å²) in [4.78, 5) is 16.1. The van der Waals surface area contributed by atoms with Gasteiger partial charge in [-0.25, -0.2) is 0 Å². The lowest BCUT2D eigenvalue weighted by atomic mass is 10.1. The van der Waals surface area contributed by atoms with E-state index in [1.807, 2.05) is 6.92 Å². The van der Waals surface area contributed by atoms with Crippen LogP contribution >= 0.6 is 0 Å². The van der Waals surface area contributed by atoms with E-state index in [9.17, 15) is 18.0 Å². The first-order chi connectivity index (χ1) is 12.9. The number of aryl methyl sites for hydroxylation is 1. The molecule has 1 saturated heterocycles. The van der Waals surface area contributed by atoms with E-state index >= 15 is 0 Å². The molecule has 1 aromatic carbocycles. The fourth-order valence-corrected chi connectivity index (χ4v) is 2.69. The van der Waals surface area contributed by atoms with Crippen LogP contribution in [0.25, 0.3) is 0 Å². The molecule has 2 heterocycles. The molecular weight excluding hydrogens is 365 g/mol. The van der Waals surface area contributed by atoms with Gasteiger partial charge < -0.3 is 19.9 Å². The lowest BCUT2D eigenvalue weighted by Gasteiger charge is -2.16. The number of rotatable bonds is 6. The molecule has 1 aliphatic heterocycles. The van der Waals surface area contributed by atoms with Crippen LogP contribution in [0.5, 0.6) is 0 Å². The smallest absolute Gasteiger partial charge is 0.376 e. The average molecular weight is 384 g/mol. The van der Waals surface area contributed by atoms with Gasteiger partial charge in [-0.15, -0.1) is 0 Å². The first kappa shape index (κ1) is 19.2. The van der Waals surface area contributed by atoms with Crippen LogP contribution in [-0.4, -0.2) is 28.8 Å². The lowest BCUT2D eigenvalue weighted by Crippen LogP contribution is -2.27. The standard InChI is InChI=1S/C17H19F3N4O3/c1-2-14-23-15(27-24-14)9-21-12-6-5-10(8-11(12)17(18,19)20)22-16(25)13-4-3-7-26-13/h5-6,8,13,21H,2-4,7,9H2,1H3,(H,22,25). The predicted octanol–water partition coefficient (Wildman–Crippen LogP) is 3.38. The van der Waals surface area contributed by atoms with Gasteiger partial charge in [-0.05, 0) is 31.0 Å². The van der Waals surface area contributed by atoms with Crippen LogP contribution in [0.2, 0.25) is 0 Å². The molecular formula is C17H19F3N4O3. The Morgan fingerprint density at radius 3 is 2.81 bits per heavy atom. The monoisotopic (exact) mass is 384 g/mol. The van der Waals surface area contributed by atoms with Crippen molar-refractivity contribution in [2.45, 2.75) is 45.0 Å². The Hall–Kier alpha value is -2.62. The van der Waals surface area contributed by atoms with Crippen LogP contribution in [-0.2, 0) is 28.7 Å². The Balaban J connectivity index is 1.74. The SMILES string of the molecule is CCc1noc(CNc2ccc(NC(=O)C3CCCO3)cc2C(F)(F)F)n1. The number of carbonyl (C=O) groups is 1. The number of aromatic nitrogens is 2. The van der Waals surface area contributed by atoms with Gasteiger partial charge in [0.15, 0.2) is 5.82 Å². The highest BCUT2D eigenvalue weighted by atomic mass is 19.4. The molecule has 1 aromatic heterocycles. The Morgan fingerprint density at radius 1 is 1.37 bits per heavy atom. The summed E-state index contributed by atoms with van der Waals surface area (Å²) in [5, 5.41) is 8.83. The molecule has 2 N–H and O–H groups in total. The Kier molecular flexibility index (Phi) is 5.64. The summed E-state index contributed by atoms with van der Waals surface area (Å²) in [7, 11) is 0. The number of hydrogen-bond acceptors (Lipinski definition) is 6. The Bertz CT molecular complexity index is 801. The van der Waals surface area contributed by atoms with Crippen molar-refractivity contribution in [3.8, 4) is 0 Å². The predicted molar refractivity (Wildman–Crippen MR) is 90.1 cm³/mol. The number of hydrogen-bond donors (Lipinski definition) is 2. The quantitative estimate of drug-likeness (QED) is 0.794. The summed E-state index contributed by atoms with van der Waals surface area (Å²) in [5.74, 6) is 0.227. The topological polar surface area (TPSA) is 89.3 Å². The van der Waals surface area contributed by atoms with E-state index in [1.54, 1.807) is 0 Å². The van der Waals surface area contributed by atoms with Crippen LogP contribution in [0.1, 0.15) is 37.0 Å². The van der Waals surface area contributed by atoms with Crippen molar-refractivity contribution >= 4 is 17.3 Å². The summed E-state index contributed by atoms with van der Waals surface area (Å²) in [6.07, 6.45) is -3.35. The average Bonchev–Trinajstić information content (AvgIpc) is 3.31. The molecule has 1 amide bonds. The minimum absolute atomic E-state index is 0.0439. The van der Waals surface area contributed by atoms with Gasteiger partial charge in [-0.1, -0.05) is 12.1 Å². The minimum Gasteiger partial charge on any atom is -0.376 e. The van der Waals surface area contributed by atoms with E-state index in [4.69, 9.17) is 9.26 Å². The molecule has 1 fully saturated rings. The van der Waals surface area contributed by atoms with Gasteiger partial charge in [0.05, 0.1) is 12.1 Å². The van der Waals surface area contributed by atoms with Crippen molar-refractivity contribution in [1.29, 1.82) is 0 Å². The number of anilines is 2. The van der Waals surface area contributed by atoms with Crippen molar-refractivity contribution < 1.29 is 27.2 Å². The molecule has 2 aromatic rings. The Morgan fingerprint density at radius 2 is 2.19 bits per heavy atom. The third-order valence-electron chi connectivity index (χ3n) is 4.07. The molecule has 0 spiro atoms. The molecule has 1 aliphatic rings. The molecule has 0 radical (unpaired) electrons. The van der Waals surface area contributed by atoms with Gasteiger partial charge in [0, 0.05) is 24.4 Å². The summed E-state index contributed by atoms with van der Waals surface area (Å²) >= 11 is 0. The summed E-state index contributed by atoms with van der Waals surface area (Å²) in [6, 6.07) is 3.54. The number of amides is 1. The van der Waals surface area contributed by atoms with Crippen LogP contribution in [0.3, 0.4) is 0 Å². The zero-order chi connectivity index (χ0) is 19.4.